The Kier molecular flexibility index (Phi) is 4.93. The van der Waals surface area contributed by atoms with E-state index in [4.69, 9.17) is 26.5 Å². The molecular formula is C12H14Cl2N4O2. The summed E-state index contributed by atoms with van der Waals surface area (Å²) >= 11 is 5.73. The molecule has 0 saturated carbocycles. The zero-order valence-electron chi connectivity index (χ0n) is 10.5. The Morgan fingerprint density at radius 3 is 2.75 bits per heavy atom. The average molecular weight is 317 g/mol. The number of nitrogens with zero attached hydrogens (tertiary/aromatic N) is 3. The molecule has 1 fully saturated rings. The molecule has 3 rings (SSSR count). The minimum atomic E-state index is -0.165. The third-order valence-electron chi connectivity index (χ3n) is 3.00. The van der Waals surface area contributed by atoms with Crippen molar-refractivity contribution in [3.63, 3.8) is 0 Å². The van der Waals surface area contributed by atoms with Gasteiger partial charge >= 0.3 is 0 Å². The van der Waals surface area contributed by atoms with Gasteiger partial charge in [0, 0.05) is 12.2 Å². The summed E-state index contributed by atoms with van der Waals surface area (Å²) < 4.78 is 11.2. The second-order valence-corrected chi connectivity index (χ2v) is 4.86. The van der Waals surface area contributed by atoms with Crippen molar-refractivity contribution in [2.24, 2.45) is 5.73 Å². The zero-order chi connectivity index (χ0) is 13.2. The highest BCUT2D eigenvalue weighted by Gasteiger charge is 2.25. The molecule has 1 saturated heterocycles. The van der Waals surface area contributed by atoms with Crippen LogP contribution in [0.4, 0.5) is 0 Å². The molecule has 1 aliphatic rings. The number of rotatable bonds is 2. The Hall–Kier alpha value is -1.21. The monoisotopic (exact) mass is 316 g/mol. The topological polar surface area (TPSA) is 87.1 Å². The first-order chi connectivity index (χ1) is 9.22. The van der Waals surface area contributed by atoms with Gasteiger partial charge in [-0.3, -0.25) is 0 Å². The maximum atomic E-state index is 5.77. The van der Waals surface area contributed by atoms with E-state index >= 15 is 0 Å². The number of ether oxygens (including phenoxy) is 1. The molecule has 0 aromatic carbocycles. The van der Waals surface area contributed by atoms with Crippen molar-refractivity contribution in [2.75, 3.05) is 6.61 Å². The highest BCUT2D eigenvalue weighted by Crippen LogP contribution is 2.28. The molecule has 2 aromatic heterocycles. The molecule has 2 aromatic rings. The van der Waals surface area contributed by atoms with E-state index in [1.807, 2.05) is 0 Å². The van der Waals surface area contributed by atoms with Crippen molar-refractivity contribution >= 4 is 24.0 Å². The van der Waals surface area contributed by atoms with Crippen LogP contribution >= 0.6 is 24.0 Å². The molecule has 1 aliphatic heterocycles. The predicted molar refractivity (Wildman–Crippen MR) is 75.7 cm³/mol. The van der Waals surface area contributed by atoms with Gasteiger partial charge in [-0.05, 0) is 25.0 Å². The summed E-state index contributed by atoms with van der Waals surface area (Å²) in [5, 5.41) is 8.44. The molecular weight excluding hydrogens is 303 g/mol. The molecule has 3 heterocycles. The van der Waals surface area contributed by atoms with Crippen LogP contribution in [0.3, 0.4) is 0 Å². The van der Waals surface area contributed by atoms with Crippen LogP contribution in [-0.2, 0) is 4.74 Å². The van der Waals surface area contributed by atoms with Crippen molar-refractivity contribution in [1.29, 1.82) is 0 Å². The predicted octanol–water partition coefficient (Wildman–Crippen LogP) is 2.39. The summed E-state index contributed by atoms with van der Waals surface area (Å²) in [6, 6.07) is 3.56. The van der Waals surface area contributed by atoms with Gasteiger partial charge in [0.2, 0.25) is 11.8 Å². The molecule has 8 heteroatoms. The Labute approximate surface area is 127 Å². The van der Waals surface area contributed by atoms with Crippen molar-refractivity contribution in [1.82, 2.24) is 15.2 Å². The van der Waals surface area contributed by atoms with E-state index in [9.17, 15) is 0 Å². The molecule has 0 radical (unpaired) electrons. The van der Waals surface area contributed by atoms with E-state index in [2.05, 4.69) is 15.2 Å². The standard InChI is InChI=1S/C12H13ClN4O2.ClH/c13-10-4-1-7(5-15-10)11-16-17-12(19-11)9-3-2-8(14)6-18-9;/h1,4-5,8-9H,2-3,6,14H2;1H/t8-,9+;/m1./s1. The Balaban J connectivity index is 0.00000147. The number of hydrogen-bond acceptors (Lipinski definition) is 6. The SMILES string of the molecule is Cl.N[C@@H]1CC[C@@H](c2nnc(-c3ccc(Cl)nc3)o2)OC1. The Morgan fingerprint density at radius 2 is 2.10 bits per heavy atom. The fourth-order valence-corrected chi connectivity index (χ4v) is 2.06. The molecule has 2 atom stereocenters. The van der Waals surface area contributed by atoms with Crippen molar-refractivity contribution in [3.05, 3.63) is 29.4 Å². The second-order valence-electron chi connectivity index (χ2n) is 4.47. The van der Waals surface area contributed by atoms with Gasteiger partial charge in [0.15, 0.2) is 0 Å². The van der Waals surface area contributed by atoms with E-state index in [1.54, 1.807) is 18.3 Å². The highest BCUT2D eigenvalue weighted by molar-refractivity contribution is 6.29. The quantitative estimate of drug-likeness (QED) is 0.856. The average Bonchev–Trinajstić information content (AvgIpc) is 2.90. The van der Waals surface area contributed by atoms with Crippen LogP contribution in [0.1, 0.15) is 24.8 Å². The first-order valence-electron chi connectivity index (χ1n) is 6.05. The lowest BCUT2D eigenvalue weighted by Crippen LogP contribution is -2.32. The van der Waals surface area contributed by atoms with Crippen LogP contribution in [-0.4, -0.2) is 27.8 Å². The van der Waals surface area contributed by atoms with Gasteiger partial charge in [-0.15, -0.1) is 22.6 Å². The second kappa shape index (κ2) is 6.49. The van der Waals surface area contributed by atoms with E-state index in [-0.39, 0.29) is 24.6 Å². The van der Waals surface area contributed by atoms with Crippen LogP contribution in [0.15, 0.2) is 22.7 Å². The van der Waals surface area contributed by atoms with E-state index < -0.39 is 0 Å². The molecule has 0 amide bonds. The van der Waals surface area contributed by atoms with Gasteiger partial charge in [0.05, 0.1) is 12.2 Å². The number of pyridine rings is 1. The third-order valence-corrected chi connectivity index (χ3v) is 3.23. The molecule has 0 unspecified atom stereocenters. The Bertz CT molecular complexity index is 553. The van der Waals surface area contributed by atoms with Crippen molar-refractivity contribution < 1.29 is 9.15 Å². The van der Waals surface area contributed by atoms with Crippen LogP contribution in [0.5, 0.6) is 0 Å². The summed E-state index contributed by atoms with van der Waals surface area (Å²) in [7, 11) is 0. The largest absolute Gasteiger partial charge is 0.418 e. The van der Waals surface area contributed by atoms with Crippen molar-refractivity contribution in [3.8, 4) is 11.5 Å². The maximum Gasteiger partial charge on any atom is 0.249 e. The Morgan fingerprint density at radius 1 is 1.25 bits per heavy atom. The van der Waals surface area contributed by atoms with E-state index in [1.165, 1.54) is 0 Å². The molecule has 2 N–H and O–H groups in total. The fraction of sp³-hybridized carbons (Fsp3) is 0.417. The summed E-state index contributed by atoms with van der Waals surface area (Å²) in [5.41, 5.74) is 6.51. The summed E-state index contributed by atoms with van der Waals surface area (Å²) in [6.45, 7) is 0.519. The molecule has 0 bridgehead atoms. The number of hydrogen-bond donors (Lipinski definition) is 1. The summed E-state index contributed by atoms with van der Waals surface area (Å²) in [5.74, 6) is 0.898. The number of nitrogens with two attached hydrogens (primary N) is 1. The first kappa shape index (κ1) is 15.2. The third kappa shape index (κ3) is 3.27. The maximum absolute atomic E-state index is 5.77. The van der Waals surface area contributed by atoms with Gasteiger partial charge in [-0.1, -0.05) is 11.6 Å². The smallest absolute Gasteiger partial charge is 0.249 e. The lowest BCUT2D eigenvalue weighted by Gasteiger charge is -2.23. The molecule has 108 valence electrons. The van der Waals surface area contributed by atoms with Gasteiger partial charge in [-0.2, -0.15) is 0 Å². The lowest BCUT2D eigenvalue weighted by molar-refractivity contribution is -0.0111. The van der Waals surface area contributed by atoms with Gasteiger partial charge in [0.25, 0.3) is 0 Å². The van der Waals surface area contributed by atoms with Crippen LogP contribution in [0.25, 0.3) is 11.5 Å². The van der Waals surface area contributed by atoms with Gasteiger partial charge < -0.3 is 14.9 Å². The molecule has 0 spiro atoms. The minimum absolute atomic E-state index is 0. The van der Waals surface area contributed by atoms with Crippen molar-refractivity contribution in [2.45, 2.75) is 25.0 Å². The molecule has 20 heavy (non-hydrogen) atoms. The first-order valence-corrected chi connectivity index (χ1v) is 6.42. The molecule has 6 nitrogen and oxygen atoms in total. The van der Waals surface area contributed by atoms with Gasteiger partial charge in [0.1, 0.15) is 11.3 Å². The highest BCUT2D eigenvalue weighted by atomic mass is 35.5. The zero-order valence-corrected chi connectivity index (χ0v) is 12.1. The minimum Gasteiger partial charge on any atom is -0.418 e. The number of halogens is 2. The number of aromatic nitrogens is 3. The van der Waals surface area contributed by atoms with Gasteiger partial charge in [-0.25, -0.2) is 4.98 Å². The normalized spacial score (nSPS) is 22.3. The van der Waals surface area contributed by atoms with Crippen LogP contribution in [0.2, 0.25) is 5.15 Å². The lowest BCUT2D eigenvalue weighted by atomic mass is 10.1. The molecule has 0 aliphatic carbocycles. The van der Waals surface area contributed by atoms with Crippen LogP contribution < -0.4 is 5.73 Å². The summed E-state index contributed by atoms with van der Waals surface area (Å²) in [4.78, 5) is 3.98. The fourth-order valence-electron chi connectivity index (χ4n) is 1.95. The summed E-state index contributed by atoms with van der Waals surface area (Å²) in [6.07, 6.45) is 3.12. The van der Waals surface area contributed by atoms with E-state index in [0.717, 1.165) is 18.4 Å². The van der Waals surface area contributed by atoms with Crippen LogP contribution in [0, 0.1) is 0 Å². The van der Waals surface area contributed by atoms with E-state index in [0.29, 0.717) is 23.5 Å².